The van der Waals surface area contributed by atoms with Crippen LogP contribution in [0.15, 0.2) is 24.3 Å². The molecule has 1 saturated heterocycles. The van der Waals surface area contributed by atoms with Crippen LogP contribution in [0.5, 0.6) is 0 Å². The van der Waals surface area contributed by atoms with Gasteiger partial charge in [0.25, 0.3) is 0 Å². The molecule has 1 fully saturated rings. The van der Waals surface area contributed by atoms with Crippen molar-refractivity contribution in [2.45, 2.75) is 46.2 Å². The molecule has 0 aromatic heterocycles. The molecule has 1 aromatic rings. The second-order valence-electron chi connectivity index (χ2n) is 7.21. The Balaban J connectivity index is 0.00000312. The van der Waals surface area contributed by atoms with E-state index in [4.69, 9.17) is 0 Å². The smallest absolute Gasteiger partial charge is 0.220 e. The minimum atomic E-state index is 0. The van der Waals surface area contributed by atoms with Crippen LogP contribution in [0, 0.1) is 11.8 Å². The molecule has 1 aliphatic heterocycles. The number of hydrogen-bond donors (Lipinski definition) is 2. The molecule has 2 unspecified atom stereocenters. The molecule has 6 heteroatoms. The number of hydrogen-bond acceptors (Lipinski definition) is 3. The Kier molecular flexibility index (Phi) is 13.0. The van der Waals surface area contributed by atoms with E-state index in [1.54, 1.807) is 0 Å². The van der Waals surface area contributed by atoms with Crippen molar-refractivity contribution in [3.8, 4) is 0 Å². The van der Waals surface area contributed by atoms with Crippen molar-refractivity contribution in [1.29, 1.82) is 0 Å². The Morgan fingerprint density at radius 2 is 2.08 bits per heavy atom. The van der Waals surface area contributed by atoms with Gasteiger partial charge >= 0.3 is 0 Å². The molecule has 2 rings (SSSR count). The van der Waals surface area contributed by atoms with Gasteiger partial charge in [0, 0.05) is 19.5 Å². The number of benzene rings is 1. The molecule has 4 nitrogen and oxygen atoms in total. The first-order valence-electron chi connectivity index (χ1n) is 9.32. The van der Waals surface area contributed by atoms with Gasteiger partial charge in [0.05, 0.1) is 0 Å². The lowest BCUT2D eigenvalue weighted by atomic mass is 9.85. The Hall–Kier alpha value is -0.810. The monoisotopic (exact) mass is 403 g/mol. The van der Waals surface area contributed by atoms with E-state index in [-0.39, 0.29) is 30.7 Å². The van der Waals surface area contributed by atoms with Crippen molar-refractivity contribution >= 4 is 30.7 Å². The minimum absolute atomic E-state index is 0. The van der Waals surface area contributed by atoms with Crippen LogP contribution < -0.4 is 10.6 Å². The first-order valence-corrected chi connectivity index (χ1v) is 9.32. The normalized spacial score (nSPS) is 17.8. The van der Waals surface area contributed by atoms with E-state index >= 15 is 0 Å². The predicted molar refractivity (Wildman–Crippen MR) is 114 cm³/mol. The fraction of sp³-hybridized carbons (Fsp3) is 0.650. The molecular weight excluding hydrogens is 369 g/mol. The van der Waals surface area contributed by atoms with E-state index in [0.717, 1.165) is 26.2 Å². The topological polar surface area (TPSA) is 44.4 Å². The summed E-state index contributed by atoms with van der Waals surface area (Å²) in [4.78, 5) is 14.5. The molecule has 0 radical (unpaired) electrons. The summed E-state index contributed by atoms with van der Waals surface area (Å²) in [5.74, 6) is 1.25. The fourth-order valence-electron chi connectivity index (χ4n) is 3.36. The van der Waals surface area contributed by atoms with Crippen LogP contribution in [0.3, 0.4) is 0 Å². The fourth-order valence-corrected chi connectivity index (χ4v) is 3.36. The van der Waals surface area contributed by atoms with Gasteiger partial charge in [0.15, 0.2) is 0 Å². The largest absolute Gasteiger partial charge is 0.352 e. The summed E-state index contributed by atoms with van der Waals surface area (Å²) in [6, 6.07) is 8.51. The van der Waals surface area contributed by atoms with Crippen molar-refractivity contribution in [2.75, 3.05) is 26.7 Å². The van der Waals surface area contributed by atoms with Gasteiger partial charge < -0.3 is 15.5 Å². The molecule has 0 saturated carbocycles. The molecule has 0 aliphatic carbocycles. The number of nitrogens with one attached hydrogen (secondary N) is 2. The first-order chi connectivity index (χ1) is 11.6. The molecule has 2 atom stereocenters. The maximum atomic E-state index is 12.2. The standard InChI is InChI=1S/C20H33N3O.2ClH/c1-4-23(3)15-18-8-5-7-17(12-18)13-22-20(24)11-16(2)19-9-6-10-21-14-19;;/h5,7-8,12,16,19,21H,4,6,9-11,13-15H2,1-3H3,(H,22,24);2*1H. The van der Waals surface area contributed by atoms with Gasteiger partial charge in [-0.05, 0) is 62.5 Å². The number of halogens is 2. The molecule has 1 heterocycles. The average Bonchev–Trinajstić information content (AvgIpc) is 2.61. The lowest BCUT2D eigenvalue weighted by molar-refractivity contribution is -0.122. The van der Waals surface area contributed by atoms with Crippen LogP contribution in [0.4, 0.5) is 0 Å². The highest BCUT2D eigenvalue weighted by molar-refractivity contribution is 5.85. The zero-order chi connectivity index (χ0) is 17.4. The summed E-state index contributed by atoms with van der Waals surface area (Å²) in [7, 11) is 2.12. The second-order valence-corrected chi connectivity index (χ2v) is 7.21. The number of carbonyl (C=O) groups excluding carboxylic acids is 1. The Morgan fingerprint density at radius 3 is 2.73 bits per heavy atom. The van der Waals surface area contributed by atoms with Gasteiger partial charge in [-0.2, -0.15) is 0 Å². The predicted octanol–water partition coefficient (Wildman–Crippen LogP) is 3.62. The first kappa shape index (κ1) is 25.2. The number of amides is 1. The zero-order valence-corrected chi connectivity index (χ0v) is 17.9. The minimum Gasteiger partial charge on any atom is -0.352 e. The number of piperidine rings is 1. The lowest BCUT2D eigenvalue weighted by Gasteiger charge is -2.28. The third kappa shape index (κ3) is 8.72. The highest BCUT2D eigenvalue weighted by atomic mass is 35.5. The van der Waals surface area contributed by atoms with Crippen molar-refractivity contribution in [2.24, 2.45) is 11.8 Å². The highest BCUT2D eigenvalue weighted by Gasteiger charge is 2.21. The third-order valence-corrected chi connectivity index (χ3v) is 5.12. The summed E-state index contributed by atoms with van der Waals surface area (Å²) in [6.45, 7) is 9.16. The summed E-state index contributed by atoms with van der Waals surface area (Å²) < 4.78 is 0. The van der Waals surface area contributed by atoms with Crippen molar-refractivity contribution in [1.82, 2.24) is 15.5 Å². The quantitative estimate of drug-likeness (QED) is 0.696. The molecule has 2 N–H and O–H groups in total. The molecule has 26 heavy (non-hydrogen) atoms. The molecule has 1 aliphatic rings. The maximum absolute atomic E-state index is 12.2. The number of carbonyl (C=O) groups is 1. The van der Waals surface area contributed by atoms with Gasteiger partial charge in [-0.25, -0.2) is 0 Å². The van der Waals surface area contributed by atoms with Gasteiger partial charge in [-0.1, -0.05) is 38.1 Å². The average molecular weight is 404 g/mol. The summed E-state index contributed by atoms with van der Waals surface area (Å²) in [6.07, 6.45) is 3.11. The molecule has 1 aromatic carbocycles. The van der Waals surface area contributed by atoms with Crippen molar-refractivity contribution < 1.29 is 4.79 Å². The van der Waals surface area contributed by atoms with Crippen LogP contribution in [-0.2, 0) is 17.9 Å². The molecule has 0 spiro atoms. The van der Waals surface area contributed by atoms with E-state index in [1.165, 1.54) is 24.0 Å². The molecule has 150 valence electrons. The van der Waals surface area contributed by atoms with Crippen LogP contribution in [0.2, 0.25) is 0 Å². The van der Waals surface area contributed by atoms with E-state index in [0.29, 0.717) is 24.8 Å². The Bertz CT molecular complexity index is 522. The molecular formula is C20H35Cl2N3O. The lowest BCUT2D eigenvalue weighted by Crippen LogP contribution is -2.35. The van der Waals surface area contributed by atoms with Crippen molar-refractivity contribution in [3.05, 3.63) is 35.4 Å². The van der Waals surface area contributed by atoms with Crippen molar-refractivity contribution in [3.63, 3.8) is 0 Å². The van der Waals surface area contributed by atoms with Crippen LogP contribution in [-0.4, -0.2) is 37.5 Å². The van der Waals surface area contributed by atoms with E-state index in [9.17, 15) is 4.79 Å². The van der Waals surface area contributed by atoms with Crippen LogP contribution in [0.25, 0.3) is 0 Å². The SMILES string of the molecule is CCN(C)Cc1cccc(CNC(=O)CC(C)C2CCCNC2)c1.Cl.Cl. The second kappa shape index (κ2) is 13.4. The van der Waals surface area contributed by atoms with Gasteiger partial charge in [0.1, 0.15) is 0 Å². The Labute approximate surface area is 171 Å². The third-order valence-electron chi connectivity index (χ3n) is 5.12. The van der Waals surface area contributed by atoms with E-state index < -0.39 is 0 Å². The molecule has 1 amide bonds. The molecule has 0 bridgehead atoms. The van der Waals surface area contributed by atoms with Crippen LogP contribution in [0.1, 0.15) is 44.2 Å². The zero-order valence-electron chi connectivity index (χ0n) is 16.3. The summed E-state index contributed by atoms with van der Waals surface area (Å²) >= 11 is 0. The summed E-state index contributed by atoms with van der Waals surface area (Å²) in [5, 5.41) is 6.53. The Morgan fingerprint density at radius 1 is 1.35 bits per heavy atom. The van der Waals surface area contributed by atoms with E-state index in [1.807, 2.05) is 0 Å². The summed E-state index contributed by atoms with van der Waals surface area (Å²) in [5.41, 5.74) is 2.48. The van der Waals surface area contributed by atoms with Gasteiger partial charge in [-0.3, -0.25) is 4.79 Å². The number of nitrogens with zero attached hydrogens (tertiary/aromatic N) is 1. The van der Waals surface area contributed by atoms with Gasteiger partial charge in [-0.15, -0.1) is 24.8 Å². The maximum Gasteiger partial charge on any atom is 0.220 e. The van der Waals surface area contributed by atoms with E-state index in [2.05, 4.69) is 60.7 Å². The number of rotatable bonds is 8. The van der Waals surface area contributed by atoms with Crippen LogP contribution >= 0.6 is 24.8 Å². The highest BCUT2D eigenvalue weighted by Crippen LogP contribution is 2.22. The van der Waals surface area contributed by atoms with Gasteiger partial charge in [0.2, 0.25) is 5.91 Å².